The summed E-state index contributed by atoms with van der Waals surface area (Å²) in [6.07, 6.45) is 0. The number of hydrogen-bond acceptors (Lipinski definition) is 3. The molecule has 3 saturated heterocycles. The molecule has 3 heteroatoms. The normalized spacial score (nSPS) is 32.2. The van der Waals surface area contributed by atoms with Crippen LogP contribution in [0.15, 0.2) is 60.7 Å². The fourth-order valence-electron chi connectivity index (χ4n) is 2.88. The molecule has 20 heavy (non-hydrogen) atoms. The van der Waals surface area contributed by atoms with Gasteiger partial charge >= 0.3 is 5.97 Å². The molecule has 0 radical (unpaired) electrons. The van der Waals surface area contributed by atoms with Crippen molar-refractivity contribution >= 4 is 0 Å². The van der Waals surface area contributed by atoms with Crippen molar-refractivity contribution in [2.24, 2.45) is 0 Å². The lowest BCUT2D eigenvalue weighted by Crippen LogP contribution is -2.60. The summed E-state index contributed by atoms with van der Waals surface area (Å²) >= 11 is 0. The lowest BCUT2D eigenvalue weighted by Gasteiger charge is -2.52. The van der Waals surface area contributed by atoms with Gasteiger partial charge in [0.05, 0.1) is 25.2 Å². The first-order valence-corrected chi connectivity index (χ1v) is 6.86. The topological polar surface area (TPSA) is 27.7 Å². The highest BCUT2D eigenvalue weighted by Gasteiger charge is 2.54. The van der Waals surface area contributed by atoms with Crippen LogP contribution >= 0.6 is 0 Å². The summed E-state index contributed by atoms with van der Waals surface area (Å²) in [4.78, 5) is 0. The zero-order valence-electron chi connectivity index (χ0n) is 11.1. The fraction of sp³-hybridized carbons (Fsp3) is 0.294. The van der Waals surface area contributed by atoms with Gasteiger partial charge in [-0.25, -0.2) is 0 Å². The molecule has 0 N–H and O–H groups in total. The lowest BCUT2D eigenvalue weighted by atomic mass is 9.81. The van der Waals surface area contributed by atoms with Gasteiger partial charge in [-0.3, -0.25) is 0 Å². The standard InChI is InChI=1S/C17H16O3/c1-3-7-14(8-4-1)16-11-18-17(19-12-16,20-13-16)15-9-5-2-6-10-15/h1-10H,11-13H2. The van der Waals surface area contributed by atoms with E-state index in [1.807, 2.05) is 48.5 Å². The van der Waals surface area contributed by atoms with Gasteiger partial charge in [-0.05, 0) is 5.56 Å². The van der Waals surface area contributed by atoms with Crippen molar-refractivity contribution in [3.8, 4) is 0 Å². The van der Waals surface area contributed by atoms with Crippen molar-refractivity contribution in [2.75, 3.05) is 19.8 Å². The van der Waals surface area contributed by atoms with Gasteiger partial charge in [0.25, 0.3) is 0 Å². The van der Waals surface area contributed by atoms with E-state index < -0.39 is 5.97 Å². The maximum atomic E-state index is 5.96. The van der Waals surface area contributed by atoms with Gasteiger partial charge in [0, 0.05) is 5.56 Å². The predicted molar refractivity (Wildman–Crippen MR) is 74.1 cm³/mol. The first-order chi connectivity index (χ1) is 9.83. The SMILES string of the molecule is c1ccc(C23COC(c4ccccc4)(OC2)OC3)cc1. The van der Waals surface area contributed by atoms with E-state index in [2.05, 4.69) is 12.1 Å². The van der Waals surface area contributed by atoms with Crippen LogP contribution in [0.1, 0.15) is 11.1 Å². The van der Waals surface area contributed by atoms with E-state index in [1.165, 1.54) is 5.56 Å². The Kier molecular flexibility index (Phi) is 2.67. The first kappa shape index (κ1) is 12.1. The van der Waals surface area contributed by atoms with Gasteiger partial charge in [-0.2, -0.15) is 0 Å². The Morgan fingerprint density at radius 1 is 0.600 bits per heavy atom. The van der Waals surface area contributed by atoms with Crippen LogP contribution in [-0.2, 0) is 25.6 Å². The third-order valence-electron chi connectivity index (χ3n) is 4.13. The molecule has 0 unspecified atom stereocenters. The van der Waals surface area contributed by atoms with Crippen LogP contribution in [-0.4, -0.2) is 19.8 Å². The Labute approximate surface area is 118 Å². The van der Waals surface area contributed by atoms with Crippen LogP contribution in [0.3, 0.4) is 0 Å². The van der Waals surface area contributed by atoms with Gasteiger partial charge in [-0.1, -0.05) is 60.7 Å². The number of fused-ring (bicyclic) bond motifs is 3. The predicted octanol–water partition coefficient (Wildman–Crippen LogP) is 2.81. The third-order valence-corrected chi connectivity index (χ3v) is 4.13. The van der Waals surface area contributed by atoms with Crippen molar-refractivity contribution in [3.63, 3.8) is 0 Å². The van der Waals surface area contributed by atoms with Crippen molar-refractivity contribution < 1.29 is 14.2 Å². The highest BCUT2D eigenvalue weighted by Crippen LogP contribution is 2.45. The maximum Gasteiger partial charge on any atom is 0.312 e. The van der Waals surface area contributed by atoms with Crippen molar-refractivity contribution in [2.45, 2.75) is 11.4 Å². The molecule has 3 heterocycles. The summed E-state index contributed by atoms with van der Waals surface area (Å²) < 4.78 is 17.9. The molecule has 2 aromatic carbocycles. The van der Waals surface area contributed by atoms with E-state index in [1.54, 1.807) is 0 Å². The molecule has 0 atom stereocenters. The second-order valence-corrected chi connectivity index (χ2v) is 5.43. The highest BCUT2D eigenvalue weighted by molar-refractivity contribution is 5.29. The number of rotatable bonds is 2. The van der Waals surface area contributed by atoms with E-state index in [0.717, 1.165) is 5.56 Å². The Morgan fingerprint density at radius 2 is 1.05 bits per heavy atom. The Hall–Kier alpha value is -1.68. The largest absolute Gasteiger partial charge is 0.322 e. The van der Waals surface area contributed by atoms with Gasteiger partial charge in [0.1, 0.15) is 0 Å². The quantitative estimate of drug-likeness (QED) is 0.838. The molecule has 0 spiro atoms. The maximum absolute atomic E-state index is 5.96. The van der Waals surface area contributed by atoms with Crippen molar-refractivity contribution in [3.05, 3.63) is 71.8 Å². The molecular formula is C17H16O3. The monoisotopic (exact) mass is 268 g/mol. The van der Waals surface area contributed by atoms with Crippen LogP contribution in [0, 0.1) is 0 Å². The molecule has 0 aromatic heterocycles. The molecule has 3 aliphatic rings. The van der Waals surface area contributed by atoms with Crippen LogP contribution < -0.4 is 0 Å². The minimum absolute atomic E-state index is 0.183. The van der Waals surface area contributed by atoms with Crippen molar-refractivity contribution in [1.29, 1.82) is 0 Å². The zero-order valence-corrected chi connectivity index (χ0v) is 11.1. The summed E-state index contributed by atoms with van der Waals surface area (Å²) in [6.45, 7) is 1.85. The molecule has 5 rings (SSSR count). The lowest BCUT2D eigenvalue weighted by molar-refractivity contribution is -0.466. The van der Waals surface area contributed by atoms with E-state index in [-0.39, 0.29) is 5.41 Å². The Bertz CT molecular complexity index is 514. The van der Waals surface area contributed by atoms with Crippen LogP contribution in [0.25, 0.3) is 0 Å². The molecule has 2 aromatic rings. The third kappa shape index (κ3) is 1.71. The van der Waals surface area contributed by atoms with E-state index in [4.69, 9.17) is 14.2 Å². The molecule has 0 saturated carbocycles. The smallest absolute Gasteiger partial charge is 0.312 e. The summed E-state index contributed by atoms with van der Waals surface area (Å²) in [5, 5.41) is 0. The summed E-state index contributed by atoms with van der Waals surface area (Å²) in [5.41, 5.74) is 1.94. The van der Waals surface area contributed by atoms with Gasteiger partial charge in [0.2, 0.25) is 0 Å². The Balaban J connectivity index is 1.64. The van der Waals surface area contributed by atoms with E-state index >= 15 is 0 Å². The molecule has 102 valence electrons. The molecule has 2 bridgehead atoms. The molecular weight excluding hydrogens is 252 g/mol. The molecule has 3 aliphatic heterocycles. The highest BCUT2D eigenvalue weighted by atomic mass is 16.9. The summed E-state index contributed by atoms with van der Waals surface area (Å²) in [7, 11) is 0. The average Bonchev–Trinajstić information content (AvgIpc) is 2.58. The summed E-state index contributed by atoms with van der Waals surface area (Å²) in [5.74, 6) is -1.02. The minimum atomic E-state index is -1.02. The van der Waals surface area contributed by atoms with Gasteiger partial charge in [0.15, 0.2) is 0 Å². The molecule has 0 amide bonds. The van der Waals surface area contributed by atoms with Crippen LogP contribution in [0.4, 0.5) is 0 Å². The fourth-order valence-corrected chi connectivity index (χ4v) is 2.88. The van der Waals surface area contributed by atoms with E-state index in [9.17, 15) is 0 Å². The molecule has 3 fully saturated rings. The molecule has 0 aliphatic carbocycles. The van der Waals surface area contributed by atoms with Crippen LogP contribution in [0.5, 0.6) is 0 Å². The zero-order chi connectivity index (χ0) is 13.5. The number of hydrogen-bond donors (Lipinski definition) is 0. The van der Waals surface area contributed by atoms with Gasteiger partial charge < -0.3 is 14.2 Å². The average molecular weight is 268 g/mol. The second kappa shape index (κ2) is 4.42. The summed E-state index contributed by atoms with van der Waals surface area (Å²) in [6, 6.07) is 20.2. The molecule has 3 nitrogen and oxygen atoms in total. The van der Waals surface area contributed by atoms with E-state index in [0.29, 0.717) is 19.8 Å². The van der Waals surface area contributed by atoms with Crippen molar-refractivity contribution in [1.82, 2.24) is 0 Å². The minimum Gasteiger partial charge on any atom is -0.322 e. The van der Waals surface area contributed by atoms with Gasteiger partial charge in [-0.15, -0.1) is 0 Å². The number of ether oxygens (including phenoxy) is 3. The van der Waals surface area contributed by atoms with Crippen LogP contribution in [0.2, 0.25) is 0 Å². The second-order valence-electron chi connectivity index (χ2n) is 5.43. The number of benzene rings is 2. The first-order valence-electron chi connectivity index (χ1n) is 6.86. The Morgan fingerprint density at radius 3 is 1.55 bits per heavy atom.